The van der Waals surface area contributed by atoms with Crippen LogP contribution < -0.4 is 5.32 Å². The summed E-state index contributed by atoms with van der Waals surface area (Å²) in [6, 6.07) is 3.60. The summed E-state index contributed by atoms with van der Waals surface area (Å²) in [4.78, 5) is 17.8. The highest BCUT2D eigenvalue weighted by atomic mass is 32.1. The van der Waals surface area contributed by atoms with Gasteiger partial charge in [0.2, 0.25) is 0 Å². The van der Waals surface area contributed by atoms with Gasteiger partial charge in [0.15, 0.2) is 0 Å². The molecule has 2 aromatic heterocycles. The second-order valence-corrected chi connectivity index (χ2v) is 6.35. The van der Waals surface area contributed by atoms with Gasteiger partial charge in [0.1, 0.15) is 0 Å². The molecule has 0 aromatic carbocycles. The van der Waals surface area contributed by atoms with E-state index in [0.29, 0.717) is 17.8 Å². The molecule has 0 aliphatic carbocycles. The summed E-state index contributed by atoms with van der Waals surface area (Å²) < 4.78 is 0. The van der Waals surface area contributed by atoms with Crippen molar-refractivity contribution in [2.45, 2.75) is 19.8 Å². The highest BCUT2D eigenvalue weighted by molar-refractivity contribution is 7.14. The van der Waals surface area contributed by atoms with Crippen molar-refractivity contribution in [3.63, 3.8) is 0 Å². The Balaban J connectivity index is 1.82. The molecule has 0 radical (unpaired) electrons. The fraction of sp³-hybridized carbons (Fsp3) is 0.333. The van der Waals surface area contributed by atoms with E-state index < -0.39 is 0 Å². The van der Waals surface area contributed by atoms with Gasteiger partial charge in [0.25, 0.3) is 5.91 Å². The molecule has 110 valence electrons. The lowest BCUT2D eigenvalue weighted by molar-refractivity contribution is 0.0958. The number of thiazole rings is 1. The van der Waals surface area contributed by atoms with Crippen LogP contribution in [0.25, 0.3) is 0 Å². The second-order valence-electron chi connectivity index (χ2n) is 4.33. The van der Waals surface area contributed by atoms with Crippen LogP contribution in [-0.4, -0.2) is 29.1 Å². The number of carbonyl (C=O) groups excluding carboxylic acids is 1. The van der Waals surface area contributed by atoms with Crippen molar-refractivity contribution in [1.29, 1.82) is 0 Å². The second kappa shape index (κ2) is 7.93. The highest BCUT2D eigenvalue weighted by Gasteiger charge is 2.08. The zero-order valence-corrected chi connectivity index (χ0v) is 13.3. The molecule has 0 unspecified atom stereocenters. The van der Waals surface area contributed by atoms with Crippen molar-refractivity contribution < 1.29 is 9.90 Å². The fourth-order valence-electron chi connectivity index (χ4n) is 1.62. The van der Waals surface area contributed by atoms with E-state index in [9.17, 15) is 4.79 Å². The van der Waals surface area contributed by atoms with E-state index in [2.05, 4.69) is 22.1 Å². The first-order valence-corrected chi connectivity index (χ1v) is 8.27. The molecule has 0 bridgehead atoms. The summed E-state index contributed by atoms with van der Waals surface area (Å²) >= 11 is 2.98. The van der Waals surface area contributed by atoms with Crippen LogP contribution >= 0.6 is 22.7 Å². The van der Waals surface area contributed by atoms with Gasteiger partial charge < -0.3 is 10.4 Å². The van der Waals surface area contributed by atoms with Crippen LogP contribution in [-0.2, 0) is 6.42 Å². The summed E-state index contributed by atoms with van der Waals surface area (Å²) in [6.07, 6.45) is 1.20. The Morgan fingerprint density at radius 1 is 1.48 bits per heavy atom. The van der Waals surface area contributed by atoms with Crippen molar-refractivity contribution in [3.8, 4) is 11.8 Å². The first kappa shape index (κ1) is 15.7. The molecule has 0 atom stereocenters. The van der Waals surface area contributed by atoms with Crippen LogP contribution in [0.1, 0.15) is 31.7 Å². The summed E-state index contributed by atoms with van der Waals surface area (Å²) in [5, 5.41) is 14.6. The van der Waals surface area contributed by atoms with Crippen LogP contribution in [0.5, 0.6) is 0 Å². The van der Waals surface area contributed by atoms with Gasteiger partial charge in [-0.3, -0.25) is 4.79 Å². The largest absolute Gasteiger partial charge is 0.395 e. The zero-order chi connectivity index (χ0) is 15.1. The number of aromatic nitrogens is 1. The maximum Gasteiger partial charge on any atom is 0.261 e. The average Bonchev–Trinajstić information content (AvgIpc) is 3.08. The molecular formula is C15H16N2O2S2. The Hall–Kier alpha value is -1.68. The lowest BCUT2D eigenvalue weighted by Crippen LogP contribution is -2.24. The predicted molar refractivity (Wildman–Crippen MR) is 85.8 cm³/mol. The number of aliphatic hydroxyl groups is 1. The molecule has 6 heteroatoms. The summed E-state index contributed by atoms with van der Waals surface area (Å²) in [6.45, 7) is 2.60. The van der Waals surface area contributed by atoms with Crippen LogP contribution in [0.3, 0.4) is 0 Å². The molecular weight excluding hydrogens is 304 g/mol. The average molecular weight is 320 g/mol. The van der Waals surface area contributed by atoms with Crippen molar-refractivity contribution in [3.05, 3.63) is 38.0 Å². The van der Waals surface area contributed by atoms with Gasteiger partial charge in [0.05, 0.1) is 21.4 Å². The van der Waals surface area contributed by atoms with E-state index in [1.54, 1.807) is 17.4 Å². The van der Waals surface area contributed by atoms with Crippen LogP contribution in [0.15, 0.2) is 17.5 Å². The van der Waals surface area contributed by atoms with Gasteiger partial charge in [-0.2, -0.15) is 0 Å². The molecule has 0 aliphatic rings. The van der Waals surface area contributed by atoms with E-state index in [1.807, 2.05) is 18.4 Å². The van der Waals surface area contributed by atoms with Crippen molar-refractivity contribution in [2.24, 2.45) is 0 Å². The van der Waals surface area contributed by atoms with E-state index in [4.69, 9.17) is 5.11 Å². The number of rotatable bonds is 5. The topological polar surface area (TPSA) is 62.2 Å². The van der Waals surface area contributed by atoms with Gasteiger partial charge in [-0.1, -0.05) is 11.8 Å². The number of aliphatic hydroxyl groups excluding tert-OH is 1. The third-order valence-corrected chi connectivity index (χ3v) is 4.60. The molecule has 0 aliphatic heterocycles. The van der Waals surface area contributed by atoms with E-state index >= 15 is 0 Å². The van der Waals surface area contributed by atoms with E-state index in [-0.39, 0.29) is 12.5 Å². The van der Waals surface area contributed by atoms with Crippen molar-refractivity contribution >= 4 is 28.6 Å². The SMILES string of the molecule is Cc1csc(CCNC(=O)c2ccc(C#CCCO)s2)n1. The summed E-state index contributed by atoms with van der Waals surface area (Å²) in [5.41, 5.74) is 1.02. The number of aryl methyl sites for hydroxylation is 1. The lowest BCUT2D eigenvalue weighted by atomic mass is 10.3. The molecule has 0 saturated heterocycles. The number of nitrogens with zero attached hydrogens (tertiary/aromatic N) is 1. The first-order chi connectivity index (χ1) is 10.2. The fourth-order valence-corrected chi connectivity index (χ4v) is 3.19. The van der Waals surface area contributed by atoms with Gasteiger partial charge in [-0.15, -0.1) is 22.7 Å². The van der Waals surface area contributed by atoms with Gasteiger partial charge in [0, 0.05) is 30.5 Å². The number of hydrogen-bond donors (Lipinski definition) is 2. The lowest BCUT2D eigenvalue weighted by Gasteiger charge is -2.01. The number of hydrogen-bond acceptors (Lipinski definition) is 5. The molecule has 2 heterocycles. The van der Waals surface area contributed by atoms with Crippen LogP contribution in [0.2, 0.25) is 0 Å². The minimum atomic E-state index is -0.0801. The standard InChI is InChI=1S/C15H16N2O2S2/c1-11-10-20-14(17-11)7-8-16-15(19)13-6-5-12(21-13)4-2-3-9-18/h5-6,10,18H,3,7-9H2,1H3,(H,16,19). The number of thiophene rings is 1. The maximum absolute atomic E-state index is 12.0. The van der Waals surface area contributed by atoms with Gasteiger partial charge in [-0.05, 0) is 19.1 Å². The first-order valence-electron chi connectivity index (χ1n) is 6.58. The molecule has 1 amide bonds. The normalized spacial score (nSPS) is 10.0. The Labute approximate surface area is 131 Å². The monoisotopic (exact) mass is 320 g/mol. The molecule has 21 heavy (non-hydrogen) atoms. The number of amides is 1. The predicted octanol–water partition coefficient (Wildman–Crippen LogP) is 2.22. The third-order valence-electron chi connectivity index (χ3n) is 2.57. The Morgan fingerprint density at radius 3 is 3.05 bits per heavy atom. The Kier molecular flexibility index (Phi) is 5.93. The number of carbonyl (C=O) groups is 1. The zero-order valence-electron chi connectivity index (χ0n) is 11.7. The third kappa shape index (κ3) is 4.97. The number of nitrogens with one attached hydrogen (secondary N) is 1. The van der Waals surface area contributed by atoms with Crippen molar-refractivity contribution in [2.75, 3.05) is 13.2 Å². The van der Waals surface area contributed by atoms with Crippen LogP contribution in [0, 0.1) is 18.8 Å². The minimum Gasteiger partial charge on any atom is -0.395 e. The summed E-state index contributed by atoms with van der Waals surface area (Å²) in [5.74, 6) is 5.69. The molecule has 2 aromatic rings. The molecule has 0 spiro atoms. The molecule has 0 saturated carbocycles. The summed E-state index contributed by atoms with van der Waals surface area (Å²) in [7, 11) is 0. The Morgan fingerprint density at radius 2 is 2.33 bits per heavy atom. The van der Waals surface area contributed by atoms with E-state index in [1.165, 1.54) is 11.3 Å². The minimum absolute atomic E-state index is 0.0575. The van der Waals surface area contributed by atoms with Crippen molar-refractivity contribution in [1.82, 2.24) is 10.3 Å². The smallest absolute Gasteiger partial charge is 0.261 e. The van der Waals surface area contributed by atoms with Gasteiger partial charge >= 0.3 is 0 Å². The van der Waals surface area contributed by atoms with Crippen LogP contribution in [0.4, 0.5) is 0 Å². The van der Waals surface area contributed by atoms with E-state index in [0.717, 1.165) is 22.0 Å². The molecule has 0 fully saturated rings. The quantitative estimate of drug-likeness (QED) is 0.831. The highest BCUT2D eigenvalue weighted by Crippen LogP contribution is 2.15. The van der Waals surface area contributed by atoms with Gasteiger partial charge in [-0.25, -0.2) is 4.98 Å². The molecule has 2 N–H and O–H groups in total. The molecule has 4 nitrogen and oxygen atoms in total. The maximum atomic E-state index is 12.0. The Bertz CT molecular complexity index is 665. The molecule has 2 rings (SSSR count).